The lowest BCUT2D eigenvalue weighted by molar-refractivity contribution is -0.134. The van der Waals surface area contributed by atoms with Gasteiger partial charge in [0, 0.05) is 31.9 Å². The van der Waals surface area contributed by atoms with Crippen LogP contribution in [0.25, 0.3) is 0 Å². The summed E-state index contributed by atoms with van der Waals surface area (Å²) in [6, 6.07) is 0.422. The molecule has 114 valence electrons. The first kappa shape index (κ1) is 13.4. The number of amides is 1. The van der Waals surface area contributed by atoms with Gasteiger partial charge in [-0.1, -0.05) is 0 Å². The third kappa shape index (κ3) is 2.99. The predicted molar refractivity (Wildman–Crippen MR) is 80.6 cm³/mol. The molecular weight excluding hydrogens is 262 g/mol. The summed E-state index contributed by atoms with van der Waals surface area (Å²) in [5, 5.41) is 0. The summed E-state index contributed by atoms with van der Waals surface area (Å²) in [4.78, 5) is 18.9. The number of piperidine rings is 1. The smallest absolute Gasteiger partial charge is 0.222 e. The van der Waals surface area contributed by atoms with Crippen LogP contribution in [0.1, 0.15) is 51.0 Å². The van der Waals surface area contributed by atoms with Gasteiger partial charge >= 0.3 is 0 Å². The van der Waals surface area contributed by atoms with Crippen molar-refractivity contribution in [3.8, 4) is 0 Å². The molecule has 0 unspecified atom stereocenters. The zero-order chi connectivity index (χ0) is 14.2. The van der Waals surface area contributed by atoms with Crippen LogP contribution in [0.15, 0.2) is 18.7 Å². The van der Waals surface area contributed by atoms with Crippen LogP contribution in [0, 0.1) is 17.8 Å². The predicted octanol–water partition coefficient (Wildman–Crippen LogP) is 2.87. The fourth-order valence-corrected chi connectivity index (χ4v) is 4.01. The van der Waals surface area contributed by atoms with Crippen LogP contribution in [0.4, 0.5) is 0 Å². The average Bonchev–Trinajstić information content (AvgIpc) is 3.44. The van der Waals surface area contributed by atoms with Gasteiger partial charge in [0.2, 0.25) is 5.91 Å². The largest absolute Gasteiger partial charge is 0.341 e. The molecule has 2 saturated carbocycles. The van der Waals surface area contributed by atoms with Gasteiger partial charge in [-0.15, -0.1) is 0 Å². The second kappa shape index (κ2) is 5.47. The van der Waals surface area contributed by atoms with Gasteiger partial charge in [-0.05, 0) is 56.3 Å². The molecule has 0 radical (unpaired) electrons. The molecule has 4 heteroatoms. The maximum absolute atomic E-state index is 12.7. The first-order valence-corrected chi connectivity index (χ1v) is 8.56. The molecule has 21 heavy (non-hydrogen) atoms. The highest BCUT2D eigenvalue weighted by Gasteiger charge is 2.42. The Morgan fingerprint density at radius 2 is 1.95 bits per heavy atom. The number of likely N-dealkylation sites (tertiary alicyclic amines) is 1. The van der Waals surface area contributed by atoms with Crippen molar-refractivity contribution in [2.45, 2.75) is 51.0 Å². The standard InChI is InChI=1S/C17H25N3O/c21-17(10-16(13-3-4-13)14-5-6-14)19-8-1-2-15(11-19)20-9-7-18-12-20/h7,9,12-16H,1-6,8,10-11H2/t15-/m0/s1. The van der Waals surface area contributed by atoms with Crippen molar-refractivity contribution in [1.29, 1.82) is 0 Å². The number of imidazole rings is 1. The second-order valence-corrected chi connectivity index (χ2v) is 7.19. The van der Waals surface area contributed by atoms with Gasteiger partial charge in [0.05, 0.1) is 12.4 Å². The van der Waals surface area contributed by atoms with Gasteiger partial charge < -0.3 is 9.47 Å². The highest BCUT2D eigenvalue weighted by Crippen LogP contribution is 2.50. The third-order valence-corrected chi connectivity index (χ3v) is 5.56. The zero-order valence-electron chi connectivity index (χ0n) is 12.7. The van der Waals surface area contributed by atoms with Crippen molar-refractivity contribution >= 4 is 5.91 Å². The van der Waals surface area contributed by atoms with Crippen LogP contribution < -0.4 is 0 Å². The number of rotatable bonds is 5. The third-order valence-electron chi connectivity index (χ3n) is 5.56. The second-order valence-electron chi connectivity index (χ2n) is 7.19. The van der Waals surface area contributed by atoms with Crippen LogP contribution in [0.5, 0.6) is 0 Å². The molecule has 0 bridgehead atoms. The Hall–Kier alpha value is -1.32. The zero-order valence-corrected chi connectivity index (χ0v) is 12.7. The average molecular weight is 287 g/mol. The molecule has 0 N–H and O–H groups in total. The maximum atomic E-state index is 12.7. The molecule has 1 saturated heterocycles. The molecule has 3 fully saturated rings. The number of hydrogen-bond donors (Lipinski definition) is 0. The topological polar surface area (TPSA) is 38.1 Å². The molecule has 3 aliphatic rings. The Morgan fingerprint density at radius 3 is 2.57 bits per heavy atom. The fourth-order valence-electron chi connectivity index (χ4n) is 4.01. The van der Waals surface area contributed by atoms with Crippen LogP contribution >= 0.6 is 0 Å². The van der Waals surface area contributed by atoms with E-state index in [4.69, 9.17) is 0 Å². The number of nitrogens with zero attached hydrogens (tertiary/aromatic N) is 3. The summed E-state index contributed by atoms with van der Waals surface area (Å²) >= 11 is 0. The van der Waals surface area contributed by atoms with Crippen molar-refractivity contribution in [3.63, 3.8) is 0 Å². The minimum atomic E-state index is 0.406. The number of aromatic nitrogens is 2. The monoisotopic (exact) mass is 287 g/mol. The summed E-state index contributed by atoms with van der Waals surface area (Å²) in [5.41, 5.74) is 0. The maximum Gasteiger partial charge on any atom is 0.222 e. The minimum Gasteiger partial charge on any atom is -0.341 e. The highest BCUT2D eigenvalue weighted by atomic mass is 16.2. The highest BCUT2D eigenvalue weighted by molar-refractivity contribution is 5.76. The van der Waals surface area contributed by atoms with Crippen LogP contribution in [-0.4, -0.2) is 33.4 Å². The summed E-state index contributed by atoms with van der Waals surface area (Å²) in [7, 11) is 0. The Morgan fingerprint density at radius 1 is 1.19 bits per heavy atom. The van der Waals surface area contributed by atoms with E-state index in [0.29, 0.717) is 17.9 Å². The first-order chi connectivity index (χ1) is 10.3. The number of hydrogen-bond acceptors (Lipinski definition) is 2. The van der Waals surface area contributed by atoms with E-state index >= 15 is 0 Å². The van der Waals surface area contributed by atoms with Crippen LogP contribution in [0.3, 0.4) is 0 Å². The molecule has 4 rings (SSSR count). The Labute approximate surface area is 126 Å². The molecule has 4 nitrogen and oxygen atoms in total. The molecule has 2 aliphatic carbocycles. The molecule has 0 aromatic carbocycles. The molecule has 1 aliphatic heterocycles. The van der Waals surface area contributed by atoms with E-state index in [-0.39, 0.29) is 0 Å². The molecule has 1 aromatic heterocycles. The molecule has 0 spiro atoms. The van der Waals surface area contributed by atoms with E-state index in [1.54, 1.807) is 0 Å². The van der Waals surface area contributed by atoms with Crippen molar-refractivity contribution in [3.05, 3.63) is 18.7 Å². The Kier molecular flexibility index (Phi) is 3.48. The molecule has 1 aromatic rings. The van der Waals surface area contributed by atoms with E-state index in [1.807, 2.05) is 18.7 Å². The van der Waals surface area contributed by atoms with Crippen molar-refractivity contribution in [2.24, 2.45) is 17.8 Å². The van der Waals surface area contributed by atoms with Crippen molar-refractivity contribution in [1.82, 2.24) is 14.5 Å². The van der Waals surface area contributed by atoms with E-state index < -0.39 is 0 Å². The van der Waals surface area contributed by atoms with Gasteiger partial charge in [0.15, 0.2) is 0 Å². The minimum absolute atomic E-state index is 0.406. The SMILES string of the molecule is O=C(CC(C1CC1)C1CC1)N1CCC[C@H](n2ccnc2)C1. The fraction of sp³-hybridized carbons (Fsp3) is 0.765. The lowest BCUT2D eigenvalue weighted by atomic mass is 9.93. The lowest BCUT2D eigenvalue weighted by Gasteiger charge is -2.34. The van der Waals surface area contributed by atoms with Gasteiger partial charge in [0.25, 0.3) is 0 Å². The quantitative estimate of drug-likeness (QED) is 0.835. The number of carbonyl (C=O) groups excluding carboxylic acids is 1. The van der Waals surface area contributed by atoms with Crippen LogP contribution in [0.2, 0.25) is 0 Å². The summed E-state index contributed by atoms with van der Waals surface area (Å²) < 4.78 is 2.17. The molecule has 2 heterocycles. The van der Waals surface area contributed by atoms with E-state index in [1.165, 1.54) is 25.7 Å². The van der Waals surface area contributed by atoms with E-state index in [2.05, 4.69) is 14.5 Å². The molecule has 1 atom stereocenters. The Bertz CT molecular complexity index is 478. The van der Waals surface area contributed by atoms with Crippen molar-refractivity contribution < 1.29 is 4.79 Å². The summed E-state index contributed by atoms with van der Waals surface area (Å²) in [6.45, 7) is 1.82. The Balaban J connectivity index is 1.37. The van der Waals surface area contributed by atoms with Gasteiger partial charge in [-0.3, -0.25) is 4.79 Å². The molecular formula is C17H25N3O. The summed E-state index contributed by atoms with van der Waals surface area (Å²) in [6.07, 6.45) is 14.3. The van der Waals surface area contributed by atoms with Crippen molar-refractivity contribution in [2.75, 3.05) is 13.1 Å². The lowest BCUT2D eigenvalue weighted by Crippen LogP contribution is -2.41. The van der Waals surface area contributed by atoms with E-state index in [9.17, 15) is 4.79 Å². The molecule has 1 amide bonds. The van der Waals surface area contributed by atoms with Gasteiger partial charge in [-0.2, -0.15) is 0 Å². The summed E-state index contributed by atoms with van der Waals surface area (Å²) in [5.74, 6) is 2.85. The van der Waals surface area contributed by atoms with E-state index in [0.717, 1.165) is 44.2 Å². The van der Waals surface area contributed by atoms with Crippen LogP contribution in [-0.2, 0) is 4.79 Å². The van der Waals surface area contributed by atoms with Gasteiger partial charge in [-0.25, -0.2) is 4.98 Å². The van der Waals surface area contributed by atoms with Gasteiger partial charge in [0.1, 0.15) is 0 Å². The first-order valence-electron chi connectivity index (χ1n) is 8.56. The normalized spacial score (nSPS) is 26.3. The number of carbonyl (C=O) groups is 1.